The highest BCUT2D eigenvalue weighted by Crippen LogP contribution is 2.35. The molecular formula is C44H53ClN4O6S. The number of amides is 4. The van der Waals surface area contributed by atoms with Crippen LogP contribution in [0.4, 0.5) is 0 Å². The quantitative estimate of drug-likeness (QED) is 0.183. The molecule has 56 heavy (non-hydrogen) atoms. The molecule has 0 bridgehead atoms. The number of halogens is 1. The number of nitrogens with zero attached hydrogens (tertiary/aromatic N) is 2. The van der Waals surface area contributed by atoms with Gasteiger partial charge in [0.15, 0.2) is 0 Å². The molecule has 12 heteroatoms. The number of carbonyl (C=O) groups is 5. The smallest absolute Gasteiger partial charge is 0.328 e. The highest BCUT2D eigenvalue weighted by atomic mass is 35.5. The number of rotatable bonds is 14. The normalized spacial score (nSPS) is 22.5. The maximum absolute atomic E-state index is 14.3. The monoisotopic (exact) mass is 800 g/mol. The van der Waals surface area contributed by atoms with Crippen LogP contribution in [-0.2, 0) is 48.1 Å². The standard InChI is InChI=1S/C44H53ClN4O6S/c1-55-44(54)38-19-11-20-39-49(38)43(53)37(23-25-56-39)47-41(51)34(27-31-14-6-3-7-15-31)22-21-33(26-30-12-4-2-5-13-30)40(50)46-36-18-8-9-24-48(42(36)52)29-32-16-10-17-35(45)28-32/h2-7,10,12-17,28,33-34,36-39H,8-9,11,18-27,29H2,1H3,(H,46,50)(H,47,51)/t33-,34-,36+,37+,38+,39+/m1/s1. The molecule has 0 spiro atoms. The minimum Gasteiger partial charge on any atom is -0.467 e. The van der Waals surface area contributed by atoms with Gasteiger partial charge in [-0.25, -0.2) is 4.79 Å². The number of nitrogens with one attached hydrogen (secondary N) is 2. The Balaban J connectivity index is 1.18. The van der Waals surface area contributed by atoms with Gasteiger partial charge >= 0.3 is 5.97 Å². The molecule has 10 nitrogen and oxygen atoms in total. The number of carbonyl (C=O) groups excluding carboxylic acids is 5. The van der Waals surface area contributed by atoms with Crippen LogP contribution < -0.4 is 10.6 Å². The predicted molar refractivity (Wildman–Crippen MR) is 218 cm³/mol. The summed E-state index contributed by atoms with van der Waals surface area (Å²) in [5, 5.41) is 6.71. The van der Waals surface area contributed by atoms with Gasteiger partial charge in [-0.15, -0.1) is 11.8 Å². The molecule has 3 heterocycles. The zero-order chi connectivity index (χ0) is 39.4. The van der Waals surface area contributed by atoms with Crippen molar-refractivity contribution < 1.29 is 28.7 Å². The second-order valence-corrected chi connectivity index (χ2v) is 16.9. The molecule has 3 saturated heterocycles. The Morgan fingerprint density at radius 1 is 0.750 bits per heavy atom. The number of ether oxygens (including phenoxy) is 1. The summed E-state index contributed by atoms with van der Waals surface area (Å²) in [6, 6.07) is 24.9. The van der Waals surface area contributed by atoms with Crippen LogP contribution in [0.1, 0.15) is 74.5 Å². The number of hydrogen-bond acceptors (Lipinski definition) is 7. The summed E-state index contributed by atoms with van der Waals surface area (Å²) in [6.45, 7) is 1.02. The van der Waals surface area contributed by atoms with E-state index in [1.807, 2.05) is 83.8 Å². The maximum Gasteiger partial charge on any atom is 0.328 e. The van der Waals surface area contributed by atoms with Gasteiger partial charge in [0, 0.05) is 29.9 Å². The fourth-order valence-corrected chi connectivity index (χ4v) is 9.83. The Labute approximate surface area is 339 Å². The van der Waals surface area contributed by atoms with Crippen LogP contribution in [0.15, 0.2) is 84.9 Å². The Morgan fingerprint density at radius 2 is 1.36 bits per heavy atom. The minimum atomic E-state index is -0.775. The lowest BCUT2D eigenvalue weighted by molar-refractivity contribution is -0.156. The molecule has 6 rings (SSSR count). The molecule has 3 aliphatic rings. The molecule has 0 aliphatic carbocycles. The number of thioether (sulfide) groups is 1. The lowest BCUT2D eigenvalue weighted by atomic mass is 9.86. The molecule has 3 fully saturated rings. The number of benzene rings is 3. The second-order valence-electron chi connectivity index (χ2n) is 15.2. The molecule has 3 aliphatic heterocycles. The summed E-state index contributed by atoms with van der Waals surface area (Å²) < 4.78 is 5.07. The van der Waals surface area contributed by atoms with Crippen molar-refractivity contribution in [2.45, 2.75) is 101 Å². The van der Waals surface area contributed by atoms with E-state index in [1.54, 1.807) is 22.7 Å². The summed E-state index contributed by atoms with van der Waals surface area (Å²) in [5.41, 5.74) is 2.90. The van der Waals surface area contributed by atoms with Crippen LogP contribution in [0.3, 0.4) is 0 Å². The zero-order valence-corrected chi connectivity index (χ0v) is 33.6. The summed E-state index contributed by atoms with van der Waals surface area (Å²) in [7, 11) is 1.34. The number of piperidine rings is 1. The van der Waals surface area contributed by atoms with Crippen LogP contribution in [0.5, 0.6) is 0 Å². The van der Waals surface area contributed by atoms with Crippen molar-refractivity contribution in [3.8, 4) is 0 Å². The third kappa shape index (κ3) is 10.9. The van der Waals surface area contributed by atoms with Crippen molar-refractivity contribution in [3.63, 3.8) is 0 Å². The van der Waals surface area contributed by atoms with E-state index in [0.717, 1.165) is 42.4 Å². The highest BCUT2D eigenvalue weighted by Gasteiger charge is 2.44. The molecule has 6 atom stereocenters. The van der Waals surface area contributed by atoms with Gasteiger partial charge in [0.2, 0.25) is 23.6 Å². The Bertz CT molecular complexity index is 1820. The van der Waals surface area contributed by atoms with E-state index in [1.165, 1.54) is 7.11 Å². The molecule has 3 aromatic carbocycles. The van der Waals surface area contributed by atoms with E-state index in [2.05, 4.69) is 10.6 Å². The zero-order valence-electron chi connectivity index (χ0n) is 32.1. The largest absolute Gasteiger partial charge is 0.467 e. The predicted octanol–water partition coefficient (Wildman–Crippen LogP) is 6.34. The number of hydrogen-bond donors (Lipinski definition) is 2. The number of methoxy groups -OCH3 is 1. The summed E-state index contributed by atoms with van der Waals surface area (Å²) in [4.78, 5) is 72.7. The molecule has 0 aromatic heterocycles. The fourth-order valence-electron chi connectivity index (χ4n) is 8.23. The Morgan fingerprint density at radius 3 is 1.96 bits per heavy atom. The van der Waals surface area contributed by atoms with Gasteiger partial charge in [-0.1, -0.05) is 84.4 Å². The molecular weight excluding hydrogens is 748 g/mol. The number of likely N-dealkylation sites (tertiary alicyclic amines) is 1. The SMILES string of the molecule is COC(=O)[C@@H]1CCC[C@@H]2SCC[C@H](NC(=O)[C@H](CC[C@H](Cc3ccccc3)C(=O)N[C@H]3CCCCN(Cc4cccc(Cl)c4)C3=O)Cc3ccccc3)C(=O)N21. The topological polar surface area (TPSA) is 125 Å². The minimum absolute atomic E-state index is 0.104. The first-order valence-electron chi connectivity index (χ1n) is 19.9. The van der Waals surface area contributed by atoms with Crippen molar-refractivity contribution >= 4 is 53.0 Å². The molecule has 3 aromatic rings. The first kappa shape index (κ1) is 41.3. The maximum atomic E-state index is 14.3. The van der Waals surface area contributed by atoms with E-state index < -0.39 is 35.9 Å². The van der Waals surface area contributed by atoms with Crippen molar-refractivity contribution in [3.05, 3.63) is 107 Å². The van der Waals surface area contributed by atoms with Crippen LogP contribution in [0.25, 0.3) is 0 Å². The van der Waals surface area contributed by atoms with Crippen molar-refractivity contribution in [1.82, 2.24) is 20.4 Å². The average Bonchev–Trinajstić information content (AvgIpc) is 3.48. The third-order valence-electron chi connectivity index (χ3n) is 11.2. The van der Waals surface area contributed by atoms with Gasteiger partial charge in [-0.3, -0.25) is 19.2 Å². The van der Waals surface area contributed by atoms with Gasteiger partial charge in [-0.2, -0.15) is 0 Å². The number of fused-ring (bicyclic) bond motifs is 1. The van der Waals surface area contributed by atoms with Crippen molar-refractivity contribution in [2.75, 3.05) is 19.4 Å². The summed E-state index contributed by atoms with van der Waals surface area (Å²) >= 11 is 7.88. The Hall–Kier alpha value is -4.35. The average molecular weight is 801 g/mol. The molecule has 4 amide bonds. The Kier molecular flexibility index (Phi) is 14.9. The molecule has 0 saturated carbocycles. The fraction of sp³-hybridized carbons (Fsp3) is 0.477. The van der Waals surface area contributed by atoms with Gasteiger partial charge in [0.05, 0.1) is 12.5 Å². The van der Waals surface area contributed by atoms with Crippen LogP contribution in [0.2, 0.25) is 5.02 Å². The summed E-state index contributed by atoms with van der Waals surface area (Å²) in [5.74, 6) is -1.62. The lowest BCUT2D eigenvalue weighted by Crippen LogP contribution is -2.57. The molecule has 0 unspecified atom stereocenters. The second kappa shape index (κ2) is 20.2. The van der Waals surface area contributed by atoms with E-state index >= 15 is 0 Å². The van der Waals surface area contributed by atoms with E-state index in [4.69, 9.17) is 16.3 Å². The van der Waals surface area contributed by atoms with Crippen LogP contribution in [0, 0.1) is 11.8 Å². The first-order chi connectivity index (χ1) is 27.2. The van der Waals surface area contributed by atoms with Gasteiger partial charge < -0.3 is 25.2 Å². The van der Waals surface area contributed by atoms with E-state index in [0.29, 0.717) is 68.8 Å². The van der Waals surface area contributed by atoms with Gasteiger partial charge in [0.1, 0.15) is 18.1 Å². The van der Waals surface area contributed by atoms with Crippen LogP contribution in [-0.4, -0.2) is 82.3 Å². The highest BCUT2D eigenvalue weighted by molar-refractivity contribution is 7.99. The van der Waals surface area contributed by atoms with Gasteiger partial charge in [-0.05, 0) is 105 Å². The van der Waals surface area contributed by atoms with E-state index in [9.17, 15) is 24.0 Å². The van der Waals surface area contributed by atoms with Gasteiger partial charge in [0.25, 0.3) is 0 Å². The molecule has 2 N–H and O–H groups in total. The third-order valence-corrected chi connectivity index (χ3v) is 12.8. The molecule has 298 valence electrons. The van der Waals surface area contributed by atoms with Crippen molar-refractivity contribution in [2.24, 2.45) is 11.8 Å². The first-order valence-corrected chi connectivity index (χ1v) is 21.4. The van der Waals surface area contributed by atoms with E-state index in [-0.39, 0.29) is 29.0 Å². The summed E-state index contributed by atoms with van der Waals surface area (Å²) in [6.07, 6.45) is 6.46. The van der Waals surface area contributed by atoms with Crippen molar-refractivity contribution in [1.29, 1.82) is 0 Å². The van der Waals surface area contributed by atoms with Crippen LogP contribution >= 0.6 is 23.4 Å². The number of esters is 1. The lowest BCUT2D eigenvalue weighted by Gasteiger charge is -2.40. The molecule has 0 radical (unpaired) electrons.